The number of hydrogen-bond acceptors (Lipinski definition) is 4. The van der Waals surface area contributed by atoms with Crippen LogP contribution in [0.5, 0.6) is 5.75 Å². The molecule has 0 fully saturated rings. The van der Waals surface area contributed by atoms with Crippen LogP contribution in [0, 0.1) is 0 Å². The van der Waals surface area contributed by atoms with Crippen molar-refractivity contribution < 1.29 is 14.3 Å². The number of hydrogen-bond donors (Lipinski definition) is 1. The zero-order chi connectivity index (χ0) is 19.2. The SMILES string of the molecule is CCOc1ccccc1CNC(=O)CCC(=O)n1ncc2ccc(Cl)cc21. The maximum atomic E-state index is 12.4. The number of carbonyl (C=O) groups excluding carboxylic acids is 2. The van der Waals surface area contributed by atoms with Crippen LogP contribution in [-0.2, 0) is 11.3 Å². The van der Waals surface area contributed by atoms with E-state index in [0.29, 0.717) is 23.7 Å². The van der Waals surface area contributed by atoms with Gasteiger partial charge < -0.3 is 10.1 Å². The van der Waals surface area contributed by atoms with Crippen molar-refractivity contribution >= 4 is 34.3 Å². The Bertz CT molecular complexity index is 968. The molecule has 0 spiro atoms. The Morgan fingerprint density at radius 2 is 2.00 bits per heavy atom. The molecule has 0 aliphatic heterocycles. The van der Waals surface area contributed by atoms with Gasteiger partial charge >= 0.3 is 0 Å². The number of nitrogens with zero attached hydrogens (tertiary/aromatic N) is 2. The number of rotatable bonds is 7. The summed E-state index contributed by atoms with van der Waals surface area (Å²) in [5, 5.41) is 8.28. The molecular weight excluding hydrogens is 366 g/mol. The number of aromatic nitrogens is 2. The van der Waals surface area contributed by atoms with Gasteiger partial charge in [0.05, 0.1) is 18.3 Å². The number of halogens is 1. The van der Waals surface area contributed by atoms with E-state index < -0.39 is 0 Å². The Labute approximate surface area is 162 Å². The van der Waals surface area contributed by atoms with Gasteiger partial charge in [-0.2, -0.15) is 5.10 Å². The highest BCUT2D eigenvalue weighted by atomic mass is 35.5. The van der Waals surface area contributed by atoms with Gasteiger partial charge in [0.2, 0.25) is 11.8 Å². The number of amides is 1. The molecule has 27 heavy (non-hydrogen) atoms. The summed E-state index contributed by atoms with van der Waals surface area (Å²) in [6.07, 6.45) is 1.74. The van der Waals surface area contributed by atoms with E-state index in [1.165, 1.54) is 4.68 Å². The third-order valence-electron chi connectivity index (χ3n) is 4.08. The molecule has 140 valence electrons. The first kappa shape index (κ1) is 18.9. The lowest BCUT2D eigenvalue weighted by molar-refractivity contribution is -0.121. The quantitative estimate of drug-likeness (QED) is 0.670. The molecule has 6 nitrogen and oxygen atoms in total. The van der Waals surface area contributed by atoms with Gasteiger partial charge in [-0.1, -0.05) is 29.8 Å². The van der Waals surface area contributed by atoms with Crippen LogP contribution >= 0.6 is 11.6 Å². The van der Waals surface area contributed by atoms with E-state index in [4.69, 9.17) is 16.3 Å². The lowest BCUT2D eigenvalue weighted by Gasteiger charge is -2.11. The van der Waals surface area contributed by atoms with Crippen molar-refractivity contribution in [3.8, 4) is 5.75 Å². The van der Waals surface area contributed by atoms with Gasteiger partial charge in [0, 0.05) is 35.4 Å². The summed E-state index contributed by atoms with van der Waals surface area (Å²) < 4.78 is 6.83. The lowest BCUT2D eigenvalue weighted by atomic mass is 10.2. The van der Waals surface area contributed by atoms with Crippen LogP contribution in [-0.4, -0.2) is 28.2 Å². The molecule has 7 heteroatoms. The monoisotopic (exact) mass is 385 g/mol. The second kappa shape index (κ2) is 8.68. The Kier molecular flexibility index (Phi) is 6.08. The number of benzene rings is 2. The minimum Gasteiger partial charge on any atom is -0.494 e. The highest BCUT2D eigenvalue weighted by Crippen LogP contribution is 2.20. The zero-order valence-corrected chi connectivity index (χ0v) is 15.7. The number of nitrogens with one attached hydrogen (secondary N) is 1. The Balaban J connectivity index is 1.56. The second-order valence-electron chi connectivity index (χ2n) is 5.97. The van der Waals surface area contributed by atoms with Crippen molar-refractivity contribution in [3.63, 3.8) is 0 Å². The summed E-state index contributed by atoms with van der Waals surface area (Å²) in [6, 6.07) is 12.8. The van der Waals surface area contributed by atoms with Crippen LogP contribution < -0.4 is 10.1 Å². The molecule has 0 radical (unpaired) electrons. The number of para-hydroxylation sites is 1. The van der Waals surface area contributed by atoms with E-state index in [1.807, 2.05) is 31.2 Å². The second-order valence-corrected chi connectivity index (χ2v) is 6.41. The van der Waals surface area contributed by atoms with Crippen LogP contribution in [0.1, 0.15) is 30.1 Å². The summed E-state index contributed by atoms with van der Waals surface area (Å²) in [5.41, 5.74) is 1.53. The van der Waals surface area contributed by atoms with E-state index in [2.05, 4.69) is 10.4 Å². The van der Waals surface area contributed by atoms with E-state index in [1.54, 1.807) is 24.4 Å². The summed E-state index contributed by atoms with van der Waals surface area (Å²) in [6.45, 7) is 2.82. The highest BCUT2D eigenvalue weighted by Gasteiger charge is 2.13. The Hall–Kier alpha value is -2.86. The Morgan fingerprint density at radius 1 is 1.19 bits per heavy atom. The number of ether oxygens (including phenoxy) is 1. The van der Waals surface area contributed by atoms with E-state index in [9.17, 15) is 9.59 Å². The highest BCUT2D eigenvalue weighted by molar-refractivity contribution is 6.31. The van der Waals surface area contributed by atoms with E-state index in [-0.39, 0.29) is 24.7 Å². The van der Waals surface area contributed by atoms with Gasteiger partial charge in [-0.3, -0.25) is 9.59 Å². The van der Waals surface area contributed by atoms with Gasteiger partial charge in [0.1, 0.15) is 5.75 Å². The average molecular weight is 386 g/mol. The molecule has 0 saturated carbocycles. The fourth-order valence-corrected chi connectivity index (χ4v) is 2.91. The molecule has 2 aromatic carbocycles. The average Bonchev–Trinajstić information content (AvgIpc) is 3.08. The predicted octanol–water partition coefficient (Wildman–Crippen LogP) is 3.83. The van der Waals surface area contributed by atoms with Crippen LogP contribution in [0.3, 0.4) is 0 Å². The van der Waals surface area contributed by atoms with Gasteiger partial charge in [-0.25, -0.2) is 4.68 Å². The fraction of sp³-hybridized carbons (Fsp3) is 0.250. The van der Waals surface area contributed by atoms with Crippen LogP contribution in [0.15, 0.2) is 48.7 Å². The third-order valence-corrected chi connectivity index (χ3v) is 4.32. The molecule has 0 atom stereocenters. The molecular formula is C20H20ClN3O3. The fourth-order valence-electron chi connectivity index (χ4n) is 2.75. The topological polar surface area (TPSA) is 73.2 Å². The van der Waals surface area contributed by atoms with Crippen LogP contribution in [0.2, 0.25) is 5.02 Å². The first-order valence-corrected chi connectivity index (χ1v) is 9.10. The first-order valence-electron chi connectivity index (χ1n) is 8.72. The number of carbonyl (C=O) groups is 2. The lowest BCUT2D eigenvalue weighted by Crippen LogP contribution is -2.24. The molecule has 1 aromatic heterocycles. The van der Waals surface area contributed by atoms with Gasteiger partial charge in [0.25, 0.3) is 0 Å². The van der Waals surface area contributed by atoms with Crippen molar-refractivity contribution in [3.05, 3.63) is 59.2 Å². The minimum absolute atomic E-state index is 0.0578. The van der Waals surface area contributed by atoms with Gasteiger partial charge in [0.15, 0.2) is 0 Å². The molecule has 3 rings (SSSR count). The van der Waals surface area contributed by atoms with Crippen LogP contribution in [0.4, 0.5) is 0 Å². The van der Waals surface area contributed by atoms with Crippen molar-refractivity contribution in [1.29, 1.82) is 0 Å². The molecule has 0 aliphatic carbocycles. The summed E-state index contributed by atoms with van der Waals surface area (Å²) in [7, 11) is 0. The van der Waals surface area contributed by atoms with Gasteiger partial charge in [-0.15, -0.1) is 0 Å². The van der Waals surface area contributed by atoms with Gasteiger partial charge in [-0.05, 0) is 31.2 Å². The molecule has 0 aliphatic rings. The molecule has 0 bridgehead atoms. The van der Waals surface area contributed by atoms with Crippen molar-refractivity contribution in [2.45, 2.75) is 26.3 Å². The molecule has 0 saturated heterocycles. The predicted molar refractivity (Wildman–Crippen MR) is 104 cm³/mol. The third kappa shape index (κ3) is 4.65. The summed E-state index contributed by atoms with van der Waals surface area (Å²) >= 11 is 5.99. The van der Waals surface area contributed by atoms with Crippen LogP contribution in [0.25, 0.3) is 10.9 Å². The molecule has 1 N–H and O–H groups in total. The molecule has 3 aromatic rings. The minimum atomic E-state index is -0.253. The zero-order valence-electron chi connectivity index (χ0n) is 14.9. The Morgan fingerprint density at radius 3 is 2.81 bits per heavy atom. The maximum Gasteiger partial charge on any atom is 0.247 e. The standard InChI is InChI=1S/C20H20ClN3O3/c1-2-27-18-6-4-3-5-15(18)12-22-19(25)9-10-20(26)24-17-11-16(21)8-7-14(17)13-23-24/h3-8,11,13H,2,9-10,12H2,1H3,(H,22,25). The van der Waals surface area contributed by atoms with E-state index in [0.717, 1.165) is 16.7 Å². The molecule has 1 heterocycles. The summed E-state index contributed by atoms with van der Waals surface area (Å²) in [4.78, 5) is 24.5. The first-order chi connectivity index (χ1) is 13.1. The smallest absolute Gasteiger partial charge is 0.247 e. The summed E-state index contributed by atoms with van der Waals surface area (Å²) in [5.74, 6) is 0.289. The molecule has 1 amide bonds. The van der Waals surface area contributed by atoms with Crippen molar-refractivity contribution in [1.82, 2.24) is 15.1 Å². The normalized spacial score (nSPS) is 10.7. The van der Waals surface area contributed by atoms with Crippen molar-refractivity contribution in [2.75, 3.05) is 6.61 Å². The van der Waals surface area contributed by atoms with Crippen molar-refractivity contribution in [2.24, 2.45) is 0 Å². The maximum absolute atomic E-state index is 12.4. The largest absolute Gasteiger partial charge is 0.494 e. The number of fused-ring (bicyclic) bond motifs is 1. The van der Waals surface area contributed by atoms with E-state index >= 15 is 0 Å². The molecule has 0 unspecified atom stereocenters.